The SMILES string of the molecule is COC(CNC(=O)C1(C)C(c2ccc(Cl)o2)C(c2ccc(F)cc2F)=NN1c1ccc(F)cc1F)CN(C)C. The predicted molar refractivity (Wildman–Crippen MR) is 139 cm³/mol. The highest BCUT2D eigenvalue weighted by molar-refractivity contribution is 6.28. The van der Waals surface area contributed by atoms with Gasteiger partial charge in [0.2, 0.25) is 5.91 Å². The van der Waals surface area contributed by atoms with Gasteiger partial charge in [-0.25, -0.2) is 22.6 Å². The molecule has 0 radical (unpaired) electrons. The van der Waals surface area contributed by atoms with Gasteiger partial charge in [0.05, 0.1) is 23.4 Å². The number of hydrazone groups is 1. The molecule has 2 heterocycles. The van der Waals surface area contributed by atoms with Crippen LogP contribution in [0, 0.1) is 23.3 Å². The number of furan rings is 1. The molecule has 39 heavy (non-hydrogen) atoms. The number of halogens is 5. The third-order valence-corrected chi connectivity index (χ3v) is 6.76. The van der Waals surface area contributed by atoms with E-state index in [1.807, 2.05) is 19.0 Å². The molecule has 3 unspecified atom stereocenters. The van der Waals surface area contributed by atoms with E-state index in [1.165, 1.54) is 32.2 Å². The first-order chi connectivity index (χ1) is 18.4. The number of likely N-dealkylation sites (N-methyl/N-ethyl adjacent to an activating group) is 1. The minimum atomic E-state index is -1.79. The molecular formula is C27H27ClF4N4O3. The second-order valence-corrected chi connectivity index (χ2v) is 9.94. The van der Waals surface area contributed by atoms with Gasteiger partial charge in [0, 0.05) is 37.9 Å². The van der Waals surface area contributed by atoms with Crippen LogP contribution in [0.5, 0.6) is 0 Å². The molecule has 3 aromatic rings. The Balaban J connectivity index is 1.88. The molecule has 1 aliphatic rings. The second-order valence-electron chi connectivity index (χ2n) is 9.57. The molecule has 4 rings (SSSR count). The van der Waals surface area contributed by atoms with E-state index < -0.39 is 46.7 Å². The molecule has 1 aliphatic heterocycles. The Hall–Kier alpha value is -3.41. The van der Waals surface area contributed by atoms with Crippen molar-refractivity contribution in [3.63, 3.8) is 0 Å². The summed E-state index contributed by atoms with van der Waals surface area (Å²) >= 11 is 6.06. The number of hydrogen-bond donors (Lipinski definition) is 1. The van der Waals surface area contributed by atoms with Crippen LogP contribution in [0.2, 0.25) is 5.22 Å². The lowest BCUT2D eigenvalue weighted by Gasteiger charge is -2.37. The van der Waals surface area contributed by atoms with Gasteiger partial charge in [-0.2, -0.15) is 5.10 Å². The van der Waals surface area contributed by atoms with Crippen molar-refractivity contribution >= 4 is 28.9 Å². The maximum atomic E-state index is 15.1. The summed E-state index contributed by atoms with van der Waals surface area (Å²) in [7, 11) is 5.20. The molecule has 1 N–H and O–H groups in total. The third-order valence-electron chi connectivity index (χ3n) is 6.56. The Kier molecular flexibility index (Phi) is 8.34. The fourth-order valence-corrected chi connectivity index (χ4v) is 4.81. The molecule has 0 aliphatic carbocycles. The van der Waals surface area contributed by atoms with Crippen LogP contribution in [-0.4, -0.2) is 62.5 Å². The minimum Gasteiger partial charge on any atom is -0.449 e. The number of benzene rings is 2. The molecule has 0 fully saturated rings. The third kappa shape index (κ3) is 5.66. The van der Waals surface area contributed by atoms with Gasteiger partial charge in [-0.05, 0) is 69.0 Å². The van der Waals surface area contributed by atoms with Gasteiger partial charge < -0.3 is 19.4 Å². The van der Waals surface area contributed by atoms with Crippen LogP contribution < -0.4 is 10.3 Å². The first-order valence-corrected chi connectivity index (χ1v) is 12.3. The Bertz CT molecular complexity index is 1400. The van der Waals surface area contributed by atoms with E-state index in [0.29, 0.717) is 18.7 Å². The Morgan fingerprint density at radius 2 is 1.79 bits per heavy atom. The standard InChI is InChI=1S/C27H27ClF4N4O3/c1-27(26(37)33-13-17(38-4)14-35(2)3)24(22-9-10-23(28)39-22)25(18-7-5-15(29)11-19(18)31)34-36(27)21-8-6-16(30)12-20(21)32/h5-12,17,24H,13-14H2,1-4H3,(H,33,37). The fourth-order valence-electron chi connectivity index (χ4n) is 4.66. The minimum absolute atomic E-state index is 0.0106. The number of hydrogen-bond acceptors (Lipinski definition) is 6. The van der Waals surface area contributed by atoms with Crippen LogP contribution in [0.3, 0.4) is 0 Å². The molecule has 7 nitrogen and oxygen atoms in total. The van der Waals surface area contributed by atoms with Gasteiger partial charge in [0.25, 0.3) is 0 Å². The van der Waals surface area contributed by atoms with Crippen molar-refractivity contribution in [2.75, 3.05) is 39.3 Å². The van der Waals surface area contributed by atoms with Gasteiger partial charge in [-0.3, -0.25) is 4.79 Å². The van der Waals surface area contributed by atoms with Gasteiger partial charge in [0.1, 0.15) is 23.2 Å². The topological polar surface area (TPSA) is 70.3 Å². The van der Waals surface area contributed by atoms with Crippen LogP contribution in [0.1, 0.15) is 24.2 Å². The number of rotatable bonds is 9. The van der Waals surface area contributed by atoms with E-state index >= 15 is 8.78 Å². The summed E-state index contributed by atoms with van der Waals surface area (Å²) in [5, 5.41) is 8.34. The molecule has 0 saturated carbocycles. The summed E-state index contributed by atoms with van der Waals surface area (Å²) in [4.78, 5) is 15.9. The summed E-state index contributed by atoms with van der Waals surface area (Å²) in [6.45, 7) is 2.04. The lowest BCUT2D eigenvalue weighted by molar-refractivity contribution is -0.126. The smallest absolute Gasteiger partial charge is 0.249 e. The number of nitrogens with one attached hydrogen (secondary N) is 1. The van der Waals surface area contributed by atoms with Gasteiger partial charge in [0.15, 0.2) is 16.6 Å². The molecule has 1 amide bonds. The van der Waals surface area contributed by atoms with Crippen LogP contribution >= 0.6 is 11.6 Å². The Morgan fingerprint density at radius 3 is 2.36 bits per heavy atom. The molecule has 0 bridgehead atoms. The molecule has 12 heteroatoms. The van der Waals surface area contributed by atoms with E-state index in [-0.39, 0.29) is 34.5 Å². The number of carbonyl (C=O) groups excluding carboxylic acids is 1. The van der Waals surface area contributed by atoms with Gasteiger partial charge in [-0.1, -0.05) is 0 Å². The first kappa shape index (κ1) is 28.6. The predicted octanol–water partition coefficient (Wildman–Crippen LogP) is 4.95. The van der Waals surface area contributed by atoms with Crippen LogP contribution in [0.25, 0.3) is 0 Å². The van der Waals surface area contributed by atoms with Crippen molar-refractivity contribution in [1.82, 2.24) is 10.2 Å². The van der Waals surface area contributed by atoms with Crippen molar-refractivity contribution in [2.45, 2.75) is 24.5 Å². The normalized spacial score (nSPS) is 19.9. The monoisotopic (exact) mass is 566 g/mol. The van der Waals surface area contributed by atoms with E-state index in [2.05, 4.69) is 10.4 Å². The molecule has 0 saturated heterocycles. The number of nitrogens with zero attached hydrogens (tertiary/aromatic N) is 3. The maximum absolute atomic E-state index is 15.1. The molecule has 3 atom stereocenters. The average molecular weight is 567 g/mol. The quantitative estimate of drug-likeness (QED) is 0.371. The fraction of sp³-hybridized carbons (Fsp3) is 0.333. The Morgan fingerprint density at radius 1 is 1.13 bits per heavy atom. The maximum Gasteiger partial charge on any atom is 0.249 e. The van der Waals surface area contributed by atoms with Gasteiger partial charge in [-0.15, -0.1) is 0 Å². The number of anilines is 1. The van der Waals surface area contributed by atoms with Crippen molar-refractivity contribution < 1.29 is 31.5 Å². The largest absolute Gasteiger partial charge is 0.449 e. The number of methoxy groups -OCH3 is 1. The van der Waals surface area contributed by atoms with Crippen LogP contribution in [-0.2, 0) is 9.53 Å². The van der Waals surface area contributed by atoms with E-state index in [0.717, 1.165) is 23.2 Å². The highest BCUT2D eigenvalue weighted by Gasteiger charge is 2.57. The first-order valence-electron chi connectivity index (χ1n) is 12.0. The van der Waals surface area contributed by atoms with E-state index in [1.54, 1.807) is 0 Å². The number of carbonyl (C=O) groups is 1. The summed E-state index contributed by atoms with van der Waals surface area (Å²) in [6.07, 6.45) is -0.392. The lowest BCUT2D eigenvalue weighted by atomic mass is 9.78. The van der Waals surface area contributed by atoms with Crippen molar-refractivity contribution in [2.24, 2.45) is 5.10 Å². The zero-order valence-corrected chi connectivity index (χ0v) is 22.4. The van der Waals surface area contributed by atoms with E-state index in [9.17, 15) is 13.6 Å². The van der Waals surface area contributed by atoms with Crippen molar-refractivity contribution in [3.05, 3.63) is 88.3 Å². The molecule has 0 spiro atoms. The zero-order chi connectivity index (χ0) is 28.5. The summed E-state index contributed by atoms with van der Waals surface area (Å²) in [5.74, 6) is -5.27. The zero-order valence-electron chi connectivity index (χ0n) is 21.6. The highest BCUT2D eigenvalue weighted by atomic mass is 35.5. The second kappa shape index (κ2) is 11.4. The Labute approximate surface area is 228 Å². The molecule has 208 valence electrons. The average Bonchev–Trinajstić information content (AvgIpc) is 3.42. The number of ether oxygens (including phenoxy) is 1. The van der Waals surface area contributed by atoms with Gasteiger partial charge >= 0.3 is 0 Å². The van der Waals surface area contributed by atoms with Crippen LogP contribution in [0.15, 0.2) is 58.0 Å². The summed E-state index contributed by atoms with van der Waals surface area (Å²) < 4.78 is 68.9. The molecule has 1 aromatic heterocycles. The number of amides is 1. The van der Waals surface area contributed by atoms with Crippen molar-refractivity contribution in [1.29, 1.82) is 0 Å². The van der Waals surface area contributed by atoms with E-state index in [4.69, 9.17) is 20.8 Å². The molecule has 2 aromatic carbocycles. The van der Waals surface area contributed by atoms with Crippen molar-refractivity contribution in [3.8, 4) is 0 Å². The lowest BCUT2D eigenvalue weighted by Crippen LogP contribution is -2.58. The molecular weight excluding hydrogens is 540 g/mol. The highest BCUT2D eigenvalue weighted by Crippen LogP contribution is 2.46. The van der Waals surface area contributed by atoms with Crippen LogP contribution in [0.4, 0.5) is 23.2 Å². The summed E-state index contributed by atoms with van der Waals surface area (Å²) in [5.41, 5.74) is -2.21. The summed E-state index contributed by atoms with van der Waals surface area (Å²) in [6, 6.07) is 8.60.